The summed E-state index contributed by atoms with van der Waals surface area (Å²) in [4.78, 5) is 5.11. The lowest BCUT2D eigenvalue weighted by molar-refractivity contribution is 0.124. The molecule has 0 radical (unpaired) electrons. The molecule has 1 N–H and O–H groups in total. The Morgan fingerprint density at radius 2 is 1.55 bits per heavy atom. The van der Waals surface area contributed by atoms with Crippen molar-refractivity contribution in [2.75, 3.05) is 31.1 Å². The monoisotopic (exact) mass is 481 g/mol. The lowest BCUT2D eigenvalue weighted by Crippen LogP contribution is -2.58. The molecule has 1 saturated heterocycles. The lowest BCUT2D eigenvalue weighted by atomic mass is 9.89. The van der Waals surface area contributed by atoms with E-state index in [4.69, 9.17) is 23.2 Å². The predicted molar refractivity (Wildman–Crippen MR) is 128 cm³/mol. The highest BCUT2D eigenvalue weighted by Gasteiger charge is 2.35. The number of hydrogen-bond acceptors (Lipinski definition) is 4. The molecule has 2 fully saturated rings. The Bertz CT molecular complexity index is 1010. The third-order valence-electron chi connectivity index (χ3n) is 6.46. The number of piperazine rings is 1. The Kier molecular flexibility index (Phi) is 7.14. The first kappa shape index (κ1) is 22.9. The quantitative estimate of drug-likeness (QED) is 0.671. The van der Waals surface area contributed by atoms with E-state index in [-0.39, 0.29) is 17.0 Å². The maximum atomic E-state index is 13.0. The van der Waals surface area contributed by atoms with E-state index >= 15 is 0 Å². The average Bonchev–Trinajstić information content (AvgIpc) is 2.76. The third kappa shape index (κ3) is 5.37. The molecule has 1 aliphatic heterocycles. The van der Waals surface area contributed by atoms with Crippen LogP contribution < -0.4 is 9.62 Å². The zero-order valence-electron chi connectivity index (χ0n) is 17.7. The minimum absolute atomic E-state index is 0.0751. The fourth-order valence-electron chi connectivity index (χ4n) is 4.78. The summed E-state index contributed by atoms with van der Waals surface area (Å²) in [5.41, 5.74) is 2.42. The van der Waals surface area contributed by atoms with Gasteiger partial charge in [0, 0.05) is 54.0 Å². The number of nitrogens with zero attached hydrogens (tertiary/aromatic N) is 2. The number of aryl methyl sites for hydroxylation is 1. The molecule has 31 heavy (non-hydrogen) atoms. The molecule has 2 aliphatic rings. The fourth-order valence-corrected chi connectivity index (χ4v) is 6.38. The average molecular weight is 482 g/mol. The number of benzene rings is 2. The second-order valence-electron chi connectivity index (χ2n) is 8.49. The summed E-state index contributed by atoms with van der Waals surface area (Å²) < 4.78 is 28.9. The predicted octanol–water partition coefficient (Wildman–Crippen LogP) is 4.71. The zero-order valence-corrected chi connectivity index (χ0v) is 20.1. The SMILES string of the molecule is Cc1ccc(Cl)cc1N1CCN([C@@H]2CCCC[C@@H]2NS(=O)(=O)c2ccc(Cl)cc2)CC1. The Hall–Kier alpha value is -1.31. The molecular weight excluding hydrogens is 453 g/mol. The van der Waals surface area contributed by atoms with Gasteiger partial charge in [-0.2, -0.15) is 0 Å². The maximum absolute atomic E-state index is 13.0. The molecule has 1 saturated carbocycles. The molecule has 0 amide bonds. The van der Waals surface area contributed by atoms with Gasteiger partial charge >= 0.3 is 0 Å². The van der Waals surface area contributed by atoms with Gasteiger partial charge < -0.3 is 4.90 Å². The van der Waals surface area contributed by atoms with Gasteiger partial charge in [0.05, 0.1) is 4.90 Å². The lowest BCUT2D eigenvalue weighted by Gasteiger charge is -2.45. The van der Waals surface area contributed by atoms with Crippen molar-refractivity contribution in [3.8, 4) is 0 Å². The topological polar surface area (TPSA) is 52.6 Å². The molecule has 0 bridgehead atoms. The number of hydrogen-bond donors (Lipinski definition) is 1. The van der Waals surface area contributed by atoms with E-state index in [0.29, 0.717) is 5.02 Å². The van der Waals surface area contributed by atoms with E-state index in [1.165, 1.54) is 11.3 Å². The molecule has 1 heterocycles. The van der Waals surface area contributed by atoms with E-state index < -0.39 is 10.0 Å². The highest BCUT2D eigenvalue weighted by Crippen LogP contribution is 2.29. The molecule has 2 atom stereocenters. The van der Waals surface area contributed by atoms with Crippen LogP contribution in [0.5, 0.6) is 0 Å². The van der Waals surface area contributed by atoms with Crippen LogP contribution in [-0.2, 0) is 10.0 Å². The number of rotatable bonds is 5. The summed E-state index contributed by atoms with van der Waals surface area (Å²) in [6.45, 7) is 5.76. The standard InChI is InChI=1S/C23H29Cl2N3O2S/c1-17-6-7-19(25)16-23(17)28-14-12-27(13-15-28)22-5-3-2-4-21(22)26-31(29,30)20-10-8-18(24)9-11-20/h6-11,16,21-22,26H,2-5,12-15H2,1H3/t21-,22+/m0/s1. The van der Waals surface area contributed by atoms with Crippen LogP contribution in [0.15, 0.2) is 47.4 Å². The van der Waals surface area contributed by atoms with Gasteiger partial charge in [0.2, 0.25) is 10.0 Å². The number of sulfonamides is 1. The van der Waals surface area contributed by atoms with Gasteiger partial charge in [0.1, 0.15) is 0 Å². The molecular formula is C23H29Cl2N3O2S. The minimum Gasteiger partial charge on any atom is -0.369 e. The van der Waals surface area contributed by atoms with E-state index in [9.17, 15) is 8.42 Å². The van der Waals surface area contributed by atoms with Gasteiger partial charge in [-0.15, -0.1) is 0 Å². The normalized spacial score (nSPS) is 23.1. The molecule has 0 aromatic heterocycles. The Balaban J connectivity index is 1.43. The first-order valence-electron chi connectivity index (χ1n) is 10.9. The van der Waals surface area contributed by atoms with E-state index in [0.717, 1.165) is 56.9 Å². The van der Waals surface area contributed by atoms with Gasteiger partial charge in [-0.3, -0.25) is 4.90 Å². The van der Waals surface area contributed by atoms with Crippen molar-refractivity contribution in [2.45, 2.75) is 49.6 Å². The number of nitrogens with one attached hydrogen (secondary N) is 1. The van der Waals surface area contributed by atoms with Crippen molar-refractivity contribution in [1.29, 1.82) is 0 Å². The Labute approximate surface area is 195 Å². The summed E-state index contributed by atoms with van der Waals surface area (Å²) in [7, 11) is -3.57. The Morgan fingerprint density at radius 1 is 0.903 bits per heavy atom. The number of halogens is 2. The van der Waals surface area contributed by atoms with E-state index in [1.807, 2.05) is 12.1 Å². The minimum atomic E-state index is -3.57. The summed E-state index contributed by atoms with van der Waals surface area (Å²) in [5.74, 6) is 0. The van der Waals surface area contributed by atoms with Crippen molar-refractivity contribution < 1.29 is 8.42 Å². The van der Waals surface area contributed by atoms with Gasteiger partial charge in [0.25, 0.3) is 0 Å². The molecule has 0 spiro atoms. The first-order chi connectivity index (χ1) is 14.8. The molecule has 2 aromatic carbocycles. The van der Waals surface area contributed by atoms with Crippen LogP contribution in [-0.4, -0.2) is 51.6 Å². The largest absolute Gasteiger partial charge is 0.369 e. The van der Waals surface area contributed by atoms with Crippen LogP contribution in [0.25, 0.3) is 0 Å². The van der Waals surface area contributed by atoms with Crippen LogP contribution in [0.3, 0.4) is 0 Å². The van der Waals surface area contributed by atoms with Crippen LogP contribution in [0.4, 0.5) is 5.69 Å². The third-order valence-corrected chi connectivity index (χ3v) is 8.45. The van der Waals surface area contributed by atoms with Crippen LogP contribution in [0.1, 0.15) is 31.2 Å². The highest BCUT2D eigenvalue weighted by molar-refractivity contribution is 7.89. The van der Waals surface area contributed by atoms with Gasteiger partial charge in [-0.05, 0) is 61.7 Å². The van der Waals surface area contributed by atoms with Crippen LogP contribution in [0.2, 0.25) is 10.0 Å². The fraction of sp³-hybridized carbons (Fsp3) is 0.478. The van der Waals surface area contributed by atoms with Crippen molar-refractivity contribution in [2.24, 2.45) is 0 Å². The van der Waals surface area contributed by atoms with Crippen molar-refractivity contribution in [3.05, 3.63) is 58.1 Å². The molecule has 2 aromatic rings. The van der Waals surface area contributed by atoms with Crippen molar-refractivity contribution in [3.63, 3.8) is 0 Å². The molecule has 5 nitrogen and oxygen atoms in total. The van der Waals surface area contributed by atoms with Gasteiger partial charge in [-0.1, -0.05) is 42.1 Å². The van der Waals surface area contributed by atoms with Crippen molar-refractivity contribution in [1.82, 2.24) is 9.62 Å². The Morgan fingerprint density at radius 3 is 2.26 bits per heavy atom. The summed E-state index contributed by atoms with van der Waals surface area (Å²) in [5, 5.41) is 1.29. The number of anilines is 1. The van der Waals surface area contributed by atoms with Gasteiger partial charge in [-0.25, -0.2) is 13.1 Å². The summed E-state index contributed by atoms with van der Waals surface area (Å²) in [6, 6.07) is 12.5. The smallest absolute Gasteiger partial charge is 0.240 e. The molecule has 0 unspecified atom stereocenters. The molecule has 8 heteroatoms. The molecule has 4 rings (SSSR count). The van der Waals surface area contributed by atoms with Crippen LogP contribution in [0, 0.1) is 6.92 Å². The highest BCUT2D eigenvalue weighted by atomic mass is 35.5. The first-order valence-corrected chi connectivity index (χ1v) is 13.1. The molecule has 1 aliphatic carbocycles. The maximum Gasteiger partial charge on any atom is 0.240 e. The summed E-state index contributed by atoms with van der Waals surface area (Å²) in [6.07, 6.45) is 4.07. The van der Waals surface area contributed by atoms with Crippen molar-refractivity contribution >= 4 is 38.9 Å². The van der Waals surface area contributed by atoms with Crippen LogP contribution >= 0.6 is 23.2 Å². The molecule has 168 valence electrons. The van der Waals surface area contributed by atoms with E-state index in [2.05, 4.69) is 27.5 Å². The zero-order chi connectivity index (χ0) is 22.0. The second-order valence-corrected chi connectivity index (χ2v) is 11.1. The van der Waals surface area contributed by atoms with E-state index in [1.54, 1.807) is 24.3 Å². The second kappa shape index (κ2) is 9.67. The summed E-state index contributed by atoms with van der Waals surface area (Å²) >= 11 is 12.1. The van der Waals surface area contributed by atoms with Gasteiger partial charge in [0.15, 0.2) is 0 Å².